The van der Waals surface area contributed by atoms with E-state index in [0.29, 0.717) is 12.0 Å². The van der Waals surface area contributed by atoms with Gasteiger partial charge in [-0.2, -0.15) is 0 Å². The van der Waals surface area contributed by atoms with Crippen LogP contribution in [0.2, 0.25) is 0 Å². The molecule has 2 bridgehead atoms. The first-order valence-electron chi connectivity index (χ1n) is 7.34. The van der Waals surface area contributed by atoms with E-state index in [1.54, 1.807) is 11.3 Å². The Balaban J connectivity index is 0.00000161. The lowest BCUT2D eigenvalue weighted by Gasteiger charge is -2.47. The summed E-state index contributed by atoms with van der Waals surface area (Å²) < 4.78 is 0. The summed E-state index contributed by atoms with van der Waals surface area (Å²) in [5, 5.41) is 5.31. The molecule has 3 saturated heterocycles. The average Bonchev–Trinajstić information content (AvgIpc) is 3.00. The molecule has 3 aliphatic rings. The molecule has 1 unspecified atom stereocenters. The van der Waals surface area contributed by atoms with E-state index in [0.717, 1.165) is 26.1 Å². The molecule has 0 saturated carbocycles. The second-order valence-electron chi connectivity index (χ2n) is 5.47. The molecule has 0 aromatic carbocycles. The summed E-state index contributed by atoms with van der Waals surface area (Å²) >= 11 is 1.79. The fraction of sp³-hybridized carbons (Fsp3) is 0.643. The van der Waals surface area contributed by atoms with Crippen LogP contribution in [0.4, 0.5) is 0 Å². The highest BCUT2D eigenvalue weighted by molar-refractivity contribution is 14.0. The predicted octanol–water partition coefficient (Wildman–Crippen LogP) is 0.813. The second-order valence-corrected chi connectivity index (χ2v) is 6.50. The van der Waals surface area contributed by atoms with Crippen LogP contribution in [0.1, 0.15) is 4.88 Å². The van der Waals surface area contributed by atoms with Crippen molar-refractivity contribution in [3.63, 3.8) is 0 Å². The molecule has 21 heavy (non-hydrogen) atoms. The predicted molar refractivity (Wildman–Crippen MR) is 99.7 cm³/mol. The van der Waals surface area contributed by atoms with Crippen molar-refractivity contribution >= 4 is 41.3 Å². The number of rotatable bonds is 5. The lowest BCUT2D eigenvalue weighted by molar-refractivity contribution is 0.0174. The lowest BCUT2D eigenvalue weighted by Crippen LogP contribution is -2.61. The van der Waals surface area contributed by atoms with Crippen LogP contribution >= 0.6 is 35.3 Å². The van der Waals surface area contributed by atoms with Crippen LogP contribution in [-0.4, -0.2) is 67.6 Å². The number of thiophene rings is 1. The Labute approximate surface area is 147 Å². The van der Waals surface area contributed by atoms with Crippen molar-refractivity contribution in [3.05, 3.63) is 22.4 Å². The molecule has 3 N–H and O–H groups in total. The van der Waals surface area contributed by atoms with Crippen LogP contribution in [0.25, 0.3) is 0 Å². The van der Waals surface area contributed by atoms with Crippen molar-refractivity contribution in [2.45, 2.75) is 12.5 Å². The zero-order chi connectivity index (χ0) is 13.8. The summed E-state index contributed by atoms with van der Waals surface area (Å²) in [5.74, 6) is 0.583. The van der Waals surface area contributed by atoms with Gasteiger partial charge in [-0.1, -0.05) is 6.07 Å². The topological polar surface area (TPSA) is 56.9 Å². The SMILES string of the molecule is I.NC(=NCC1CN2CCN1CC2)NCCc1cccs1. The summed E-state index contributed by atoms with van der Waals surface area (Å²) in [7, 11) is 0. The van der Waals surface area contributed by atoms with E-state index in [1.165, 1.54) is 31.1 Å². The van der Waals surface area contributed by atoms with Gasteiger partial charge in [0.25, 0.3) is 0 Å². The normalized spacial score (nSPS) is 28.2. The van der Waals surface area contributed by atoms with E-state index in [4.69, 9.17) is 5.73 Å². The van der Waals surface area contributed by atoms with Gasteiger partial charge in [0.15, 0.2) is 5.96 Å². The zero-order valence-electron chi connectivity index (χ0n) is 12.2. The molecule has 1 aromatic heterocycles. The number of fused-ring (bicyclic) bond motifs is 3. The summed E-state index contributed by atoms with van der Waals surface area (Å²) in [6, 6.07) is 4.79. The maximum Gasteiger partial charge on any atom is 0.188 e. The largest absolute Gasteiger partial charge is 0.370 e. The molecule has 3 aliphatic heterocycles. The Morgan fingerprint density at radius 3 is 2.81 bits per heavy atom. The average molecular weight is 421 g/mol. The van der Waals surface area contributed by atoms with E-state index < -0.39 is 0 Å². The van der Waals surface area contributed by atoms with Gasteiger partial charge in [0, 0.05) is 50.2 Å². The molecule has 118 valence electrons. The third-order valence-corrected chi connectivity index (χ3v) is 5.06. The van der Waals surface area contributed by atoms with Crippen molar-refractivity contribution in [1.82, 2.24) is 15.1 Å². The molecular weight excluding hydrogens is 397 g/mol. The number of halogens is 1. The van der Waals surface area contributed by atoms with Crippen LogP contribution < -0.4 is 11.1 Å². The molecule has 7 heteroatoms. The van der Waals surface area contributed by atoms with Crippen molar-refractivity contribution in [2.75, 3.05) is 45.8 Å². The third kappa shape index (κ3) is 4.80. The van der Waals surface area contributed by atoms with Gasteiger partial charge < -0.3 is 11.1 Å². The monoisotopic (exact) mass is 421 g/mol. The van der Waals surface area contributed by atoms with Gasteiger partial charge >= 0.3 is 0 Å². The van der Waals surface area contributed by atoms with Gasteiger partial charge in [0.1, 0.15) is 0 Å². The van der Waals surface area contributed by atoms with Crippen molar-refractivity contribution in [2.24, 2.45) is 10.7 Å². The van der Waals surface area contributed by atoms with Crippen molar-refractivity contribution in [3.8, 4) is 0 Å². The van der Waals surface area contributed by atoms with Gasteiger partial charge in [0.2, 0.25) is 0 Å². The van der Waals surface area contributed by atoms with Crippen molar-refractivity contribution in [1.29, 1.82) is 0 Å². The quantitative estimate of drug-likeness (QED) is 0.420. The molecule has 0 spiro atoms. The fourth-order valence-electron chi connectivity index (χ4n) is 2.93. The lowest BCUT2D eigenvalue weighted by atomic mass is 10.1. The van der Waals surface area contributed by atoms with Gasteiger partial charge in [-0.25, -0.2) is 0 Å². The highest BCUT2D eigenvalue weighted by atomic mass is 127. The number of nitrogens with one attached hydrogen (secondary N) is 1. The molecule has 3 fully saturated rings. The zero-order valence-corrected chi connectivity index (χ0v) is 15.3. The van der Waals surface area contributed by atoms with Crippen LogP contribution in [0, 0.1) is 0 Å². The molecule has 4 rings (SSSR count). The number of piperazine rings is 3. The summed E-state index contributed by atoms with van der Waals surface area (Å²) in [4.78, 5) is 11.0. The molecule has 0 aliphatic carbocycles. The summed E-state index contributed by atoms with van der Waals surface area (Å²) in [6.07, 6.45) is 1.01. The summed E-state index contributed by atoms with van der Waals surface area (Å²) in [5.41, 5.74) is 5.94. The van der Waals surface area contributed by atoms with Gasteiger partial charge in [-0.15, -0.1) is 35.3 Å². The Hall–Kier alpha value is -0.380. The van der Waals surface area contributed by atoms with Gasteiger partial charge in [0.05, 0.1) is 6.54 Å². The second kappa shape index (κ2) is 8.30. The third-order valence-electron chi connectivity index (χ3n) is 4.12. The Morgan fingerprint density at radius 2 is 2.19 bits per heavy atom. The van der Waals surface area contributed by atoms with Crippen LogP contribution in [-0.2, 0) is 6.42 Å². The minimum absolute atomic E-state index is 0. The van der Waals surface area contributed by atoms with Crippen molar-refractivity contribution < 1.29 is 0 Å². The molecule has 1 aromatic rings. The number of hydrogen-bond acceptors (Lipinski definition) is 4. The molecular formula is C14H24IN5S. The summed E-state index contributed by atoms with van der Waals surface area (Å²) in [6.45, 7) is 7.62. The minimum Gasteiger partial charge on any atom is -0.370 e. The first-order valence-corrected chi connectivity index (χ1v) is 8.22. The maximum atomic E-state index is 5.94. The number of nitrogens with two attached hydrogens (primary N) is 1. The molecule has 5 nitrogen and oxygen atoms in total. The smallest absolute Gasteiger partial charge is 0.188 e. The number of nitrogens with zero attached hydrogens (tertiary/aromatic N) is 3. The first kappa shape index (κ1) is 17.0. The molecule has 4 heterocycles. The van der Waals surface area contributed by atoms with Crippen LogP contribution in [0.5, 0.6) is 0 Å². The Morgan fingerprint density at radius 1 is 1.38 bits per heavy atom. The highest BCUT2D eigenvalue weighted by Crippen LogP contribution is 2.15. The van der Waals surface area contributed by atoms with Gasteiger partial charge in [-0.05, 0) is 17.9 Å². The maximum absolute atomic E-state index is 5.94. The molecule has 1 atom stereocenters. The highest BCUT2D eigenvalue weighted by Gasteiger charge is 2.31. The Bertz CT molecular complexity index is 442. The first-order chi connectivity index (χ1) is 9.81. The fourth-order valence-corrected chi connectivity index (χ4v) is 3.63. The van der Waals surface area contributed by atoms with Crippen LogP contribution in [0.3, 0.4) is 0 Å². The Kier molecular flexibility index (Phi) is 6.72. The van der Waals surface area contributed by atoms with E-state index >= 15 is 0 Å². The molecule has 0 amide bonds. The number of guanidine groups is 1. The van der Waals surface area contributed by atoms with Gasteiger partial charge in [-0.3, -0.25) is 14.8 Å². The minimum atomic E-state index is 0. The van der Waals surface area contributed by atoms with E-state index in [9.17, 15) is 0 Å². The number of aliphatic imine (C=N–C) groups is 1. The van der Waals surface area contributed by atoms with E-state index in [1.807, 2.05) is 0 Å². The van der Waals surface area contributed by atoms with Crippen LogP contribution in [0.15, 0.2) is 22.5 Å². The van der Waals surface area contributed by atoms with E-state index in [-0.39, 0.29) is 24.0 Å². The van der Waals surface area contributed by atoms with E-state index in [2.05, 4.69) is 37.6 Å². The standard InChI is InChI=1S/C14H23N5S.HI/c15-14(16-4-3-13-2-1-9-20-13)17-10-12-11-18-5-7-19(12)8-6-18;/h1-2,9,12H,3-8,10-11H2,(H3,15,16,17);1H. The number of hydrogen-bond donors (Lipinski definition) is 2. The molecule has 0 radical (unpaired) electrons.